The molecule has 5 nitrogen and oxygen atoms in total. The number of thioether (sulfide) groups is 1. The number of halogens is 1. The van der Waals surface area contributed by atoms with E-state index in [-0.39, 0.29) is 29.0 Å². The Morgan fingerprint density at radius 1 is 1.18 bits per heavy atom. The Balaban J connectivity index is 1.70. The summed E-state index contributed by atoms with van der Waals surface area (Å²) in [5, 5.41) is 3.29. The second-order valence-corrected chi connectivity index (χ2v) is 7.67. The van der Waals surface area contributed by atoms with Crippen LogP contribution in [0.3, 0.4) is 0 Å². The number of aryl methyl sites for hydroxylation is 1. The summed E-state index contributed by atoms with van der Waals surface area (Å²) in [7, 11) is 0. The third-order valence-corrected chi connectivity index (χ3v) is 5.27. The summed E-state index contributed by atoms with van der Waals surface area (Å²) in [4.78, 5) is 31.9. The molecule has 0 aliphatic carbocycles. The van der Waals surface area contributed by atoms with E-state index in [1.165, 1.54) is 36.0 Å². The molecule has 0 fully saturated rings. The molecule has 144 valence electrons. The molecule has 1 unspecified atom stereocenters. The van der Waals surface area contributed by atoms with Crippen molar-refractivity contribution in [1.82, 2.24) is 9.97 Å². The number of hydrogen-bond donors (Lipinski definition) is 2. The van der Waals surface area contributed by atoms with Crippen LogP contribution in [0, 0.1) is 12.7 Å². The van der Waals surface area contributed by atoms with E-state index < -0.39 is 0 Å². The second kappa shape index (κ2) is 8.84. The summed E-state index contributed by atoms with van der Waals surface area (Å²) >= 11 is 1.45. The Kier molecular flexibility index (Phi) is 6.26. The third kappa shape index (κ3) is 5.07. The largest absolute Gasteiger partial charge is 0.326 e. The monoisotopic (exact) mass is 397 g/mol. The van der Waals surface area contributed by atoms with Crippen LogP contribution in [0.25, 0.3) is 0 Å². The van der Waals surface area contributed by atoms with Crippen molar-refractivity contribution in [2.24, 2.45) is 0 Å². The van der Waals surface area contributed by atoms with Gasteiger partial charge in [-0.1, -0.05) is 42.1 Å². The van der Waals surface area contributed by atoms with Gasteiger partial charge in [0, 0.05) is 22.2 Å². The van der Waals surface area contributed by atoms with Gasteiger partial charge < -0.3 is 10.3 Å². The van der Waals surface area contributed by atoms with E-state index in [1.54, 1.807) is 6.92 Å². The fraction of sp³-hybridized carbons (Fsp3) is 0.190. The molecule has 1 atom stereocenters. The fourth-order valence-corrected chi connectivity index (χ4v) is 3.68. The van der Waals surface area contributed by atoms with Crippen molar-refractivity contribution in [3.63, 3.8) is 0 Å². The number of carbonyl (C=O) groups excluding carboxylic acids is 1. The molecule has 0 aliphatic rings. The van der Waals surface area contributed by atoms with Crippen LogP contribution >= 0.6 is 11.8 Å². The number of amides is 1. The van der Waals surface area contributed by atoms with Gasteiger partial charge in [0.2, 0.25) is 5.91 Å². The van der Waals surface area contributed by atoms with Gasteiger partial charge in [-0.3, -0.25) is 9.59 Å². The highest BCUT2D eigenvalue weighted by atomic mass is 32.2. The van der Waals surface area contributed by atoms with Crippen LogP contribution in [-0.4, -0.2) is 15.9 Å². The predicted octanol–water partition coefficient (Wildman–Crippen LogP) is 4.25. The van der Waals surface area contributed by atoms with Crippen molar-refractivity contribution in [3.8, 4) is 0 Å². The molecule has 2 aromatic carbocycles. The maximum absolute atomic E-state index is 12.9. The Morgan fingerprint density at radius 3 is 2.50 bits per heavy atom. The molecule has 3 aromatic rings. The van der Waals surface area contributed by atoms with Crippen LogP contribution in [0.4, 0.5) is 10.1 Å². The average Bonchev–Trinajstić information content (AvgIpc) is 2.67. The number of H-pyrrole nitrogens is 1. The molecule has 7 heteroatoms. The van der Waals surface area contributed by atoms with Crippen molar-refractivity contribution in [2.45, 2.75) is 30.7 Å². The van der Waals surface area contributed by atoms with E-state index in [4.69, 9.17) is 0 Å². The lowest BCUT2D eigenvalue weighted by atomic mass is 10.1. The van der Waals surface area contributed by atoms with Gasteiger partial charge in [-0.2, -0.15) is 0 Å². The molecule has 28 heavy (non-hydrogen) atoms. The summed E-state index contributed by atoms with van der Waals surface area (Å²) < 4.78 is 12.9. The second-order valence-electron chi connectivity index (χ2n) is 6.34. The Labute approximate surface area is 166 Å². The van der Waals surface area contributed by atoms with E-state index in [9.17, 15) is 14.0 Å². The molecule has 0 bridgehead atoms. The summed E-state index contributed by atoms with van der Waals surface area (Å²) in [6.07, 6.45) is -0.106. The Hall–Kier alpha value is -2.93. The lowest BCUT2D eigenvalue weighted by Gasteiger charge is -2.12. The van der Waals surface area contributed by atoms with Crippen LogP contribution in [0.1, 0.15) is 29.0 Å². The molecular weight excluding hydrogens is 377 g/mol. The SMILES string of the molecule is Cc1nc(SC(C)c2ccccc2)[nH]c(=O)c1CC(=O)Nc1ccc(F)cc1. The first kappa shape index (κ1) is 19.8. The zero-order valence-electron chi connectivity index (χ0n) is 15.5. The number of anilines is 1. The molecule has 2 N–H and O–H groups in total. The van der Waals surface area contributed by atoms with Gasteiger partial charge in [-0.25, -0.2) is 9.37 Å². The molecular formula is C21H20FN3O2S. The topological polar surface area (TPSA) is 74.8 Å². The summed E-state index contributed by atoms with van der Waals surface area (Å²) in [5.41, 5.74) is 2.11. The number of nitrogens with zero attached hydrogens (tertiary/aromatic N) is 1. The van der Waals surface area contributed by atoms with Gasteiger partial charge in [0.15, 0.2) is 5.16 Å². The molecule has 0 saturated carbocycles. The first-order valence-electron chi connectivity index (χ1n) is 8.79. The summed E-state index contributed by atoms with van der Waals surface area (Å²) in [6.45, 7) is 3.76. The normalized spacial score (nSPS) is 11.8. The summed E-state index contributed by atoms with van der Waals surface area (Å²) in [6, 6.07) is 15.4. The highest BCUT2D eigenvalue weighted by Gasteiger charge is 2.15. The Bertz CT molecular complexity index is 1020. The number of hydrogen-bond acceptors (Lipinski definition) is 4. The summed E-state index contributed by atoms with van der Waals surface area (Å²) in [5.74, 6) is -0.743. The smallest absolute Gasteiger partial charge is 0.255 e. The van der Waals surface area contributed by atoms with Gasteiger partial charge in [0.25, 0.3) is 5.56 Å². The number of carbonyl (C=O) groups is 1. The highest BCUT2D eigenvalue weighted by Crippen LogP contribution is 2.32. The Morgan fingerprint density at radius 2 is 1.86 bits per heavy atom. The molecule has 0 aliphatic heterocycles. The molecule has 0 radical (unpaired) electrons. The van der Waals surface area contributed by atoms with Gasteiger partial charge in [0.05, 0.1) is 6.42 Å². The molecule has 1 aromatic heterocycles. The predicted molar refractivity (Wildman–Crippen MR) is 109 cm³/mol. The van der Waals surface area contributed by atoms with E-state index in [0.717, 1.165) is 5.56 Å². The first-order chi connectivity index (χ1) is 13.4. The van der Waals surface area contributed by atoms with Gasteiger partial charge >= 0.3 is 0 Å². The lowest BCUT2D eigenvalue weighted by molar-refractivity contribution is -0.115. The average molecular weight is 397 g/mol. The number of aromatic amines is 1. The van der Waals surface area contributed by atoms with Crippen molar-refractivity contribution < 1.29 is 9.18 Å². The van der Waals surface area contributed by atoms with Crippen LogP contribution < -0.4 is 10.9 Å². The minimum Gasteiger partial charge on any atom is -0.326 e. The highest BCUT2D eigenvalue weighted by molar-refractivity contribution is 7.99. The number of benzene rings is 2. The van der Waals surface area contributed by atoms with E-state index >= 15 is 0 Å². The minimum atomic E-state index is -0.382. The minimum absolute atomic E-state index is 0.106. The van der Waals surface area contributed by atoms with E-state index in [2.05, 4.69) is 15.3 Å². The number of nitrogens with one attached hydrogen (secondary N) is 2. The van der Waals surface area contributed by atoms with Crippen LogP contribution in [0.5, 0.6) is 0 Å². The molecule has 0 saturated heterocycles. The maximum Gasteiger partial charge on any atom is 0.255 e. The van der Waals surface area contributed by atoms with Crippen LogP contribution in [0.15, 0.2) is 64.5 Å². The van der Waals surface area contributed by atoms with Gasteiger partial charge in [0.1, 0.15) is 5.82 Å². The van der Waals surface area contributed by atoms with Crippen LogP contribution in [-0.2, 0) is 11.2 Å². The zero-order valence-corrected chi connectivity index (χ0v) is 16.3. The first-order valence-corrected chi connectivity index (χ1v) is 9.67. The maximum atomic E-state index is 12.9. The van der Waals surface area contributed by atoms with Gasteiger partial charge in [-0.15, -0.1) is 0 Å². The van der Waals surface area contributed by atoms with Crippen molar-refractivity contribution in [2.75, 3.05) is 5.32 Å². The standard InChI is InChI=1S/C21H20FN3O2S/c1-13-18(12-19(26)24-17-10-8-16(22)9-11-17)20(27)25-21(23-13)28-14(2)15-6-4-3-5-7-15/h3-11,14H,12H2,1-2H3,(H,24,26)(H,23,25,27). The fourth-order valence-electron chi connectivity index (χ4n) is 2.71. The van der Waals surface area contributed by atoms with Crippen molar-refractivity contribution >= 4 is 23.4 Å². The third-order valence-electron chi connectivity index (χ3n) is 4.22. The van der Waals surface area contributed by atoms with Crippen LogP contribution in [0.2, 0.25) is 0 Å². The molecule has 3 rings (SSSR count). The number of aromatic nitrogens is 2. The molecule has 0 spiro atoms. The quantitative estimate of drug-likeness (QED) is 0.482. The zero-order chi connectivity index (χ0) is 20.1. The molecule has 1 heterocycles. The van der Waals surface area contributed by atoms with Gasteiger partial charge in [-0.05, 0) is 43.7 Å². The van der Waals surface area contributed by atoms with E-state index in [0.29, 0.717) is 22.1 Å². The van der Waals surface area contributed by atoms with E-state index in [1.807, 2.05) is 37.3 Å². The number of rotatable bonds is 6. The lowest BCUT2D eigenvalue weighted by Crippen LogP contribution is -2.23. The van der Waals surface area contributed by atoms with Crippen molar-refractivity contribution in [3.05, 3.63) is 87.6 Å². The van der Waals surface area contributed by atoms with Crippen molar-refractivity contribution in [1.29, 1.82) is 0 Å². The molecule has 1 amide bonds.